The molecule has 0 radical (unpaired) electrons. The highest BCUT2D eigenvalue weighted by Crippen LogP contribution is 2.24. The van der Waals surface area contributed by atoms with Crippen LogP contribution in [0, 0.1) is 11.7 Å². The quantitative estimate of drug-likeness (QED) is 0.661. The monoisotopic (exact) mass is 436 g/mol. The first-order valence-corrected chi connectivity index (χ1v) is 11.1. The number of likely N-dealkylation sites (tertiary alicyclic amines) is 1. The average Bonchev–Trinajstić information content (AvgIpc) is 3.13. The third kappa shape index (κ3) is 4.82. The van der Waals surface area contributed by atoms with Crippen molar-refractivity contribution in [3.63, 3.8) is 0 Å². The summed E-state index contributed by atoms with van der Waals surface area (Å²) in [6.45, 7) is 4.73. The third-order valence-corrected chi connectivity index (χ3v) is 6.19. The van der Waals surface area contributed by atoms with Crippen LogP contribution in [0.15, 0.2) is 54.9 Å². The second kappa shape index (κ2) is 9.10. The van der Waals surface area contributed by atoms with Gasteiger partial charge in [-0.25, -0.2) is 9.37 Å². The molecule has 0 spiro atoms. The first-order valence-electron chi connectivity index (χ1n) is 11.1. The van der Waals surface area contributed by atoms with Gasteiger partial charge in [0.05, 0.1) is 0 Å². The molecular formula is C25H29FN4O2. The van der Waals surface area contributed by atoms with Crippen molar-refractivity contribution in [1.82, 2.24) is 19.6 Å². The second-order valence-corrected chi connectivity index (χ2v) is 9.06. The molecule has 7 heteroatoms. The van der Waals surface area contributed by atoms with Crippen LogP contribution in [0.25, 0.3) is 5.65 Å². The maximum Gasteiger partial charge on any atom is 0.252 e. The van der Waals surface area contributed by atoms with Gasteiger partial charge in [-0.3, -0.25) is 9.59 Å². The van der Waals surface area contributed by atoms with Crippen LogP contribution in [0.5, 0.6) is 0 Å². The number of rotatable bonds is 5. The fourth-order valence-corrected chi connectivity index (χ4v) is 4.48. The van der Waals surface area contributed by atoms with E-state index in [4.69, 9.17) is 0 Å². The topological polar surface area (TPSA) is 66.7 Å². The summed E-state index contributed by atoms with van der Waals surface area (Å²) in [4.78, 5) is 32.0. The largest absolute Gasteiger partial charge is 0.341 e. The van der Waals surface area contributed by atoms with Gasteiger partial charge in [-0.15, -0.1) is 0 Å². The van der Waals surface area contributed by atoms with Gasteiger partial charge in [-0.1, -0.05) is 12.1 Å². The highest BCUT2D eigenvalue weighted by Gasteiger charge is 2.34. The van der Waals surface area contributed by atoms with Crippen LogP contribution in [-0.4, -0.2) is 44.7 Å². The number of amides is 2. The third-order valence-electron chi connectivity index (χ3n) is 6.19. The Kier molecular flexibility index (Phi) is 6.26. The van der Waals surface area contributed by atoms with E-state index in [1.165, 1.54) is 30.0 Å². The lowest BCUT2D eigenvalue weighted by molar-refractivity contribution is -0.136. The van der Waals surface area contributed by atoms with Crippen molar-refractivity contribution in [1.29, 1.82) is 0 Å². The smallest absolute Gasteiger partial charge is 0.252 e. The lowest BCUT2D eigenvalue weighted by Gasteiger charge is -2.32. The van der Waals surface area contributed by atoms with Gasteiger partial charge in [-0.05, 0) is 75.8 Å². The molecule has 4 rings (SSSR count). The van der Waals surface area contributed by atoms with Crippen molar-refractivity contribution >= 4 is 17.5 Å². The fraction of sp³-hybridized carbons (Fsp3) is 0.400. The Labute approximate surface area is 187 Å². The Morgan fingerprint density at radius 2 is 1.97 bits per heavy atom. The number of hydrogen-bond acceptors (Lipinski definition) is 3. The summed E-state index contributed by atoms with van der Waals surface area (Å²) in [6.07, 6.45) is 7.61. The van der Waals surface area contributed by atoms with Gasteiger partial charge in [-0.2, -0.15) is 0 Å². The SMILES string of the molecule is CC(C)(NC(=O)c1cccc(F)c1)C(=O)N1CCC[C@@H](Cc2cccc3nccn23)CC1. The van der Waals surface area contributed by atoms with Crippen LogP contribution in [0.3, 0.4) is 0 Å². The molecular weight excluding hydrogens is 407 g/mol. The standard InChI is InChI=1S/C25H29FN4O2/c1-25(2,28-23(31)19-7-3-8-20(26)17-19)24(32)29-13-5-6-18(11-14-29)16-21-9-4-10-22-27-12-15-30(21)22/h3-4,7-10,12,15,17-18H,5-6,11,13-14,16H2,1-2H3,(H,28,31)/t18-/m1/s1. The number of carbonyl (C=O) groups is 2. The molecule has 1 fully saturated rings. The van der Waals surface area contributed by atoms with Crippen molar-refractivity contribution in [3.8, 4) is 0 Å². The second-order valence-electron chi connectivity index (χ2n) is 9.06. The molecule has 1 aromatic carbocycles. The van der Waals surface area contributed by atoms with Crippen molar-refractivity contribution in [2.75, 3.05) is 13.1 Å². The molecule has 1 N–H and O–H groups in total. The Hall–Kier alpha value is -3.22. The number of halogens is 1. The molecule has 6 nitrogen and oxygen atoms in total. The van der Waals surface area contributed by atoms with Crippen LogP contribution < -0.4 is 5.32 Å². The molecule has 0 saturated carbocycles. The molecule has 3 aromatic rings. The highest BCUT2D eigenvalue weighted by atomic mass is 19.1. The van der Waals surface area contributed by atoms with Gasteiger partial charge in [0.15, 0.2) is 0 Å². The van der Waals surface area contributed by atoms with Gasteiger partial charge in [0.2, 0.25) is 5.91 Å². The van der Waals surface area contributed by atoms with E-state index in [-0.39, 0.29) is 11.5 Å². The zero-order chi connectivity index (χ0) is 22.7. The molecule has 1 atom stereocenters. The Morgan fingerprint density at radius 3 is 2.78 bits per heavy atom. The number of hydrogen-bond donors (Lipinski definition) is 1. The lowest BCUT2D eigenvalue weighted by Crippen LogP contribution is -2.56. The molecule has 1 aliphatic rings. The minimum absolute atomic E-state index is 0.111. The molecule has 1 saturated heterocycles. The van der Waals surface area contributed by atoms with Gasteiger partial charge in [0, 0.05) is 36.7 Å². The molecule has 32 heavy (non-hydrogen) atoms. The maximum atomic E-state index is 13.5. The number of nitrogens with zero attached hydrogens (tertiary/aromatic N) is 3. The van der Waals surface area contributed by atoms with Crippen LogP contribution in [-0.2, 0) is 11.2 Å². The number of fused-ring (bicyclic) bond motifs is 1. The summed E-state index contributed by atoms with van der Waals surface area (Å²) >= 11 is 0. The van der Waals surface area contributed by atoms with E-state index in [2.05, 4.69) is 20.8 Å². The van der Waals surface area contributed by atoms with Crippen LogP contribution >= 0.6 is 0 Å². The number of benzene rings is 1. The van der Waals surface area contributed by atoms with Crippen molar-refractivity contribution < 1.29 is 14.0 Å². The van der Waals surface area contributed by atoms with E-state index in [0.29, 0.717) is 19.0 Å². The number of aromatic nitrogens is 2. The predicted octanol–water partition coefficient (Wildman–Crippen LogP) is 3.85. The fourth-order valence-electron chi connectivity index (χ4n) is 4.48. The molecule has 0 bridgehead atoms. The molecule has 1 aliphatic heterocycles. The minimum Gasteiger partial charge on any atom is -0.341 e. The van der Waals surface area contributed by atoms with Gasteiger partial charge >= 0.3 is 0 Å². The lowest BCUT2D eigenvalue weighted by atomic mass is 9.95. The average molecular weight is 437 g/mol. The number of nitrogens with one attached hydrogen (secondary N) is 1. The molecule has 3 heterocycles. The van der Waals surface area contributed by atoms with E-state index >= 15 is 0 Å². The Balaban J connectivity index is 1.38. The number of imidazole rings is 1. The summed E-state index contributed by atoms with van der Waals surface area (Å²) in [5, 5.41) is 2.78. The first kappa shape index (κ1) is 22.0. The summed E-state index contributed by atoms with van der Waals surface area (Å²) in [5.74, 6) is -0.568. The highest BCUT2D eigenvalue weighted by molar-refractivity contribution is 5.98. The summed E-state index contributed by atoms with van der Waals surface area (Å²) < 4.78 is 15.6. The van der Waals surface area contributed by atoms with Crippen LogP contribution in [0.1, 0.15) is 49.2 Å². The van der Waals surface area contributed by atoms with E-state index < -0.39 is 17.3 Å². The first-order chi connectivity index (χ1) is 15.3. The van der Waals surface area contributed by atoms with Crippen LogP contribution in [0.4, 0.5) is 4.39 Å². The zero-order valence-electron chi connectivity index (χ0n) is 18.6. The molecule has 0 unspecified atom stereocenters. The number of pyridine rings is 1. The van der Waals surface area contributed by atoms with E-state index in [9.17, 15) is 14.0 Å². The Morgan fingerprint density at radius 1 is 1.16 bits per heavy atom. The predicted molar refractivity (Wildman–Crippen MR) is 121 cm³/mol. The zero-order valence-corrected chi connectivity index (χ0v) is 18.6. The van der Waals surface area contributed by atoms with Crippen molar-refractivity contribution in [2.24, 2.45) is 5.92 Å². The van der Waals surface area contributed by atoms with Crippen LogP contribution in [0.2, 0.25) is 0 Å². The maximum absolute atomic E-state index is 13.5. The normalized spacial score (nSPS) is 17.2. The van der Waals surface area contributed by atoms with Crippen molar-refractivity contribution in [2.45, 2.75) is 45.1 Å². The summed E-state index contributed by atoms with van der Waals surface area (Å²) in [5.41, 5.74) is 1.30. The summed E-state index contributed by atoms with van der Waals surface area (Å²) in [7, 11) is 0. The summed E-state index contributed by atoms with van der Waals surface area (Å²) in [6, 6.07) is 11.6. The molecule has 2 amide bonds. The molecule has 168 valence electrons. The minimum atomic E-state index is -1.08. The Bertz CT molecular complexity index is 1120. The van der Waals surface area contributed by atoms with E-state index in [1.807, 2.05) is 29.4 Å². The van der Waals surface area contributed by atoms with Gasteiger partial charge < -0.3 is 14.6 Å². The van der Waals surface area contributed by atoms with Crippen molar-refractivity contribution in [3.05, 3.63) is 71.9 Å². The molecule has 2 aromatic heterocycles. The van der Waals surface area contributed by atoms with E-state index in [0.717, 1.165) is 31.3 Å². The van der Waals surface area contributed by atoms with E-state index in [1.54, 1.807) is 13.8 Å². The number of carbonyl (C=O) groups excluding carboxylic acids is 2. The molecule has 0 aliphatic carbocycles. The van der Waals surface area contributed by atoms with Gasteiger partial charge in [0.25, 0.3) is 5.91 Å². The van der Waals surface area contributed by atoms with Gasteiger partial charge in [0.1, 0.15) is 17.0 Å².